The van der Waals surface area contributed by atoms with Crippen LogP contribution in [0.25, 0.3) is 0 Å². The third-order valence-corrected chi connectivity index (χ3v) is 5.15. The van der Waals surface area contributed by atoms with Crippen LogP contribution < -0.4 is 22.1 Å². The first kappa shape index (κ1) is 23.7. The number of carboxylic acid groups (broad SMARTS) is 2. The van der Waals surface area contributed by atoms with Gasteiger partial charge in [0.05, 0.1) is 24.4 Å². The Hall–Kier alpha value is -4.00. The van der Waals surface area contributed by atoms with E-state index in [1.807, 2.05) is 18.0 Å². The second-order valence-electron chi connectivity index (χ2n) is 7.68. The van der Waals surface area contributed by atoms with Gasteiger partial charge in [-0.1, -0.05) is 12.2 Å². The topological polar surface area (TPSA) is 209 Å². The molecule has 0 aromatic carbocycles. The summed E-state index contributed by atoms with van der Waals surface area (Å²) in [7, 11) is 1.86. The van der Waals surface area contributed by atoms with Crippen LogP contribution in [-0.2, 0) is 20.9 Å². The smallest absolute Gasteiger partial charge is 0.326 e. The zero-order valence-corrected chi connectivity index (χ0v) is 17.9. The molecule has 3 atom stereocenters. The first-order chi connectivity index (χ1) is 15.6. The number of nitrogens with two attached hydrogens (primary N) is 2. The van der Waals surface area contributed by atoms with E-state index in [-0.39, 0.29) is 18.7 Å². The average Bonchev–Trinajstić information content (AvgIpc) is 2.76. The van der Waals surface area contributed by atoms with E-state index in [4.69, 9.17) is 16.6 Å². The summed E-state index contributed by atoms with van der Waals surface area (Å²) < 4.78 is 0. The van der Waals surface area contributed by atoms with Gasteiger partial charge in [-0.05, 0) is 18.9 Å². The van der Waals surface area contributed by atoms with Crippen LogP contribution in [0.15, 0.2) is 35.1 Å². The molecule has 0 saturated heterocycles. The fraction of sp³-hybridized carbons (Fsp3) is 0.400. The summed E-state index contributed by atoms with van der Waals surface area (Å²) in [6, 6.07) is -1.25. The summed E-state index contributed by atoms with van der Waals surface area (Å²) >= 11 is 0. The molecule has 8 N–H and O–H groups in total. The molecule has 2 aliphatic rings. The van der Waals surface area contributed by atoms with E-state index in [2.05, 4.69) is 25.6 Å². The number of carboxylic acids is 2. The number of aliphatic imine (C=N–C) groups is 1. The van der Waals surface area contributed by atoms with Gasteiger partial charge < -0.3 is 31.5 Å². The van der Waals surface area contributed by atoms with Crippen molar-refractivity contribution in [1.29, 1.82) is 0 Å². The number of likely N-dealkylation sites (N-methyl/N-ethyl adjacent to an activating group) is 1. The van der Waals surface area contributed by atoms with Gasteiger partial charge in [-0.2, -0.15) is 0 Å². The van der Waals surface area contributed by atoms with Crippen molar-refractivity contribution in [2.75, 3.05) is 12.4 Å². The third kappa shape index (κ3) is 6.04. The maximum absolute atomic E-state index is 12.4. The molecule has 0 saturated carbocycles. The Morgan fingerprint density at radius 1 is 1.36 bits per heavy atom. The summed E-state index contributed by atoms with van der Waals surface area (Å²) in [6.45, 7) is 0.420. The molecule has 33 heavy (non-hydrogen) atoms. The van der Waals surface area contributed by atoms with E-state index in [0.717, 1.165) is 5.70 Å². The van der Waals surface area contributed by atoms with Gasteiger partial charge in [-0.3, -0.25) is 15.3 Å². The molecule has 2 heterocycles. The highest BCUT2D eigenvalue weighted by Gasteiger charge is 2.26. The standard InChI is InChI=1S/C20H26N8O5/c1-28(9-11-8-23-17-15(24-11)16(21)26-20(22)27-17)12-4-2-10(3-5-12)18(31)25-13(19(32)33)6-7-14(29)30/h2,4-5,8,10,13,20H,3,6-7,9,22H2,1H3,(H2,21,26)(H,23,27)(H,25,31)(H,29,30)(H,32,33)/t10-,13-,20?/m0/s1. The van der Waals surface area contributed by atoms with Crippen LogP contribution in [0.4, 0.5) is 5.82 Å². The number of aliphatic carboxylic acids is 2. The monoisotopic (exact) mass is 458 g/mol. The van der Waals surface area contributed by atoms with Crippen LogP contribution in [0, 0.1) is 5.92 Å². The Morgan fingerprint density at radius 3 is 2.76 bits per heavy atom. The van der Waals surface area contributed by atoms with Crippen molar-refractivity contribution in [3.8, 4) is 0 Å². The molecular formula is C20H26N8O5. The Morgan fingerprint density at radius 2 is 2.12 bits per heavy atom. The molecule has 1 unspecified atom stereocenters. The zero-order chi connectivity index (χ0) is 24.1. The molecule has 3 rings (SSSR count). The number of amides is 1. The van der Waals surface area contributed by atoms with E-state index < -0.39 is 36.1 Å². The summed E-state index contributed by atoms with van der Waals surface area (Å²) in [4.78, 5) is 49.2. The average molecular weight is 458 g/mol. The quantitative estimate of drug-likeness (QED) is 0.269. The van der Waals surface area contributed by atoms with Gasteiger partial charge in [-0.25, -0.2) is 19.8 Å². The van der Waals surface area contributed by atoms with Gasteiger partial charge in [0.25, 0.3) is 0 Å². The molecule has 1 aliphatic heterocycles. The minimum absolute atomic E-state index is 0.185. The van der Waals surface area contributed by atoms with Crippen molar-refractivity contribution < 1.29 is 24.6 Å². The summed E-state index contributed by atoms with van der Waals surface area (Å²) in [5.74, 6) is -2.74. The van der Waals surface area contributed by atoms with E-state index in [9.17, 15) is 19.5 Å². The fourth-order valence-corrected chi connectivity index (χ4v) is 3.39. The van der Waals surface area contributed by atoms with Gasteiger partial charge in [0.15, 0.2) is 17.9 Å². The lowest BCUT2D eigenvalue weighted by molar-refractivity contribution is -0.143. The van der Waals surface area contributed by atoms with E-state index >= 15 is 0 Å². The fourth-order valence-electron chi connectivity index (χ4n) is 3.39. The molecule has 13 heteroatoms. The normalized spacial score (nSPS) is 19.9. The summed E-state index contributed by atoms with van der Waals surface area (Å²) in [5.41, 5.74) is 13.5. The number of anilines is 1. The first-order valence-electron chi connectivity index (χ1n) is 10.2. The van der Waals surface area contributed by atoms with Crippen LogP contribution in [0.5, 0.6) is 0 Å². The van der Waals surface area contributed by atoms with Crippen molar-refractivity contribution in [1.82, 2.24) is 20.2 Å². The predicted molar refractivity (Wildman–Crippen MR) is 118 cm³/mol. The number of aromatic nitrogens is 2. The molecular weight excluding hydrogens is 432 g/mol. The Bertz CT molecular complexity index is 1040. The number of rotatable bonds is 9. The largest absolute Gasteiger partial charge is 0.481 e. The minimum atomic E-state index is -1.27. The van der Waals surface area contributed by atoms with Crippen molar-refractivity contribution in [2.24, 2.45) is 22.4 Å². The lowest BCUT2D eigenvalue weighted by Gasteiger charge is -2.25. The molecule has 176 valence electrons. The van der Waals surface area contributed by atoms with Crippen LogP contribution in [-0.4, -0.2) is 68.1 Å². The van der Waals surface area contributed by atoms with Crippen LogP contribution in [0.3, 0.4) is 0 Å². The van der Waals surface area contributed by atoms with Gasteiger partial charge in [0.1, 0.15) is 11.7 Å². The number of carbonyl (C=O) groups is 3. The number of hydrogen-bond acceptors (Lipinski definition) is 10. The summed E-state index contributed by atoms with van der Waals surface area (Å²) in [5, 5.41) is 23.2. The first-order valence-corrected chi connectivity index (χ1v) is 10.2. The number of fused-ring (bicyclic) bond motifs is 1. The molecule has 0 radical (unpaired) electrons. The molecule has 1 aliphatic carbocycles. The van der Waals surface area contributed by atoms with Gasteiger partial charge in [0.2, 0.25) is 5.91 Å². The molecule has 0 fully saturated rings. The van der Waals surface area contributed by atoms with Crippen molar-refractivity contribution in [3.63, 3.8) is 0 Å². The number of carbonyl (C=O) groups excluding carboxylic acids is 1. The lowest BCUT2D eigenvalue weighted by atomic mass is 9.97. The molecule has 1 amide bonds. The predicted octanol–water partition coefficient (Wildman–Crippen LogP) is -0.824. The van der Waals surface area contributed by atoms with Gasteiger partial charge in [0, 0.05) is 19.2 Å². The zero-order valence-electron chi connectivity index (χ0n) is 17.9. The van der Waals surface area contributed by atoms with Gasteiger partial charge in [-0.15, -0.1) is 0 Å². The lowest BCUT2D eigenvalue weighted by Crippen LogP contribution is -2.43. The maximum atomic E-state index is 12.4. The molecule has 1 aromatic rings. The number of hydrogen-bond donors (Lipinski definition) is 6. The van der Waals surface area contributed by atoms with Crippen LogP contribution in [0.2, 0.25) is 0 Å². The van der Waals surface area contributed by atoms with Crippen LogP contribution >= 0.6 is 0 Å². The Labute approximate surface area is 189 Å². The third-order valence-electron chi connectivity index (χ3n) is 5.15. The molecule has 1 aromatic heterocycles. The number of allylic oxidation sites excluding steroid dienone is 2. The highest BCUT2D eigenvalue weighted by Crippen LogP contribution is 2.21. The number of nitrogens with one attached hydrogen (secondary N) is 2. The van der Waals surface area contributed by atoms with E-state index in [1.165, 1.54) is 0 Å². The number of amidine groups is 1. The highest BCUT2D eigenvalue weighted by atomic mass is 16.4. The van der Waals surface area contributed by atoms with Gasteiger partial charge >= 0.3 is 11.9 Å². The second-order valence-corrected chi connectivity index (χ2v) is 7.68. The highest BCUT2D eigenvalue weighted by molar-refractivity contribution is 6.01. The molecule has 0 spiro atoms. The maximum Gasteiger partial charge on any atom is 0.326 e. The Balaban J connectivity index is 1.58. The van der Waals surface area contributed by atoms with Crippen molar-refractivity contribution in [3.05, 3.63) is 41.5 Å². The Kier molecular flexibility index (Phi) is 7.23. The minimum Gasteiger partial charge on any atom is -0.481 e. The SMILES string of the molecule is CN(Cc1cnc2c(n1)C(N)=NC(N)N2)C1=CC[C@@H](C(=O)N[C@@H](CCC(=O)O)C(=O)O)C=C1. The molecule has 0 bridgehead atoms. The summed E-state index contributed by atoms with van der Waals surface area (Å²) in [6.07, 6.45) is 6.10. The number of nitrogens with zero attached hydrogens (tertiary/aromatic N) is 4. The van der Waals surface area contributed by atoms with Crippen molar-refractivity contribution in [2.45, 2.75) is 38.1 Å². The van der Waals surface area contributed by atoms with E-state index in [0.29, 0.717) is 30.2 Å². The van der Waals surface area contributed by atoms with Crippen LogP contribution in [0.1, 0.15) is 30.7 Å². The van der Waals surface area contributed by atoms with E-state index in [1.54, 1.807) is 18.3 Å². The second kappa shape index (κ2) is 10.1. The molecule has 13 nitrogen and oxygen atoms in total. The van der Waals surface area contributed by atoms with Crippen molar-refractivity contribution >= 4 is 29.5 Å².